The minimum absolute atomic E-state index is 0. The van der Waals surface area contributed by atoms with E-state index < -0.39 is 0 Å². The van der Waals surface area contributed by atoms with Crippen molar-refractivity contribution in [3.05, 3.63) is 12.2 Å². The first-order valence-electron chi connectivity index (χ1n) is 8.62. The van der Waals surface area contributed by atoms with Gasteiger partial charge in [0, 0.05) is 33.2 Å². The van der Waals surface area contributed by atoms with E-state index in [1.807, 2.05) is 7.05 Å². The molecule has 2 fully saturated rings. The predicted octanol–water partition coefficient (Wildman–Crippen LogP) is 2.95. The molecule has 22 heavy (non-hydrogen) atoms. The Morgan fingerprint density at radius 3 is 2.68 bits per heavy atom. The van der Waals surface area contributed by atoms with Gasteiger partial charge >= 0.3 is 0 Å². The summed E-state index contributed by atoms with van der Waals surface area (Å²) in [6, 6.07) is 0. The van der Waals surface area contributed by atoms with E-state index in [0.717, 1.165) is 31.4 Å². The summed E-state index contributed by atoms with van der Waals surface area (Å²) in [6.45, 7) is 9.28. The largest absolute Gasteiger partial charge is 0.356 e. The van der Waals surface area contributed by atoms with Crippen LogP contribution >= 0.6 is 24.0 Å². The number of nitrogens with one attached hydrogen (secondary N) is 1. The molecule has 4 nitrogen and oxygen atoms in total. The maximum Gasteiger partial charge on any atom is 0.193 e. The Bertz CT molecular complexity index is 351. The fraction of sp³-hybridized carbons (Fsp3) is 0.824. The zero-order valence-electron chi connectivity index (χ0n) is 14.3. The lowest BCUT2D eigenvalue weighted by Crippen LogP contribution is -2.41. The predicted molar refractivity (Wildman–Crippen MR) is 106 cm³/mol. The average molecular weight is 420 g/mol. The lowest BCUT2D eigenvalue weighted by molar-refractivity contribution is 0.198. The summed E-state index contributed by atoms with van der Waals surface area (Å²) in [7, 11) is 1.90. The van der Waals surface area contributed by atoms with Crippen molar-refractivity contribution >= 4 is 29.9 Å². The highest BCUT2D eigenvalue weighted by Gasteiger charge is 2.26. The maximum absolute atomic E-state index is 4.44. The molecule has 0 aromatic heterocycles. The van der Waals surface area contributed by atoms with Crippen LogP contribution in [-0.2, 0) is 0 Å². The third-order valence-corrected chi connectivity index (χ3v) is 4.59. The summed E-state index contributed by atoms with van der Waals surface area (Å²) in [5.41, 5.74) is 0. The van der Waals surface area contributed by atoms with Crippen LogP contribution in [0.1, 0.15) is 39.0 Å². The number of aliphatic imine (C=N–C) groups is 1. The molecule has 0 bridgehead atoms. The van der Waals surface area contributed by atoms with Crippen molar-refractivity contribution < 1.29 is 0 Å². The van der Waals surface area contributed by atoms with E-state index in [1.165, 1.54) is 51.9 Å². The molecule has 5 heteroatoms. The standard InChI is InChI=1S/C17H32N4.HI/c1-3-4-6-10-19-17(18-2)21-13-9-16(15-21)14-20-11-7-5-8-12-20;/h3-4,16H,5-15H2,1-2H3,(H,18,19);1H/b4-3+;. The van der Waals surface area contributed by atoms with Gasteiger partial charge in [0.1, 0.15) is 0 Å². The van der Waals surface area contributed by atoms with Gasteiger partial charge in [-0.25, -0.2) is 0 Å². The topological polar surface area (TPSA) is 30.9 Å². The molecule has 1 unspecified atom stereocenters. The molecule has 1 atom stereocenters. The lowest BCUT2D eigenvalue weighted by atomic mass is 10.1. The lowest BCUT2D eigenvalue weighted by Gasteiger charge is -2.29. The molecule has 2 heterocycles. The van der Waals surface area contributed by atoms with E-state index in [9.17, 15) is 0 Å². The maximum atomic E-state index is 4.44. The Morgan fingerprint density at radius 2 is 2.00 bits per heavy atom. The number of piperidine rings is 1. The molecule has 0 saturated carbocycles. The Balaban J connectivity index is 0.00000242. The van der Waals surface area contributed by atoms with Crippen LogP contribution in [0.3, 0.4) is 0 Å². The van der Waals surface area contributed by atoms with Gasteiger partial charge in [-0.15, -0.1) is 24.0 Å². The summed E-state index contributed by atoms with van der Waals surface area (Å²) < 4.78 is 0. The molecule has 2 aliphatic heterocycles. The Morgan fingerprint density at radius 1 is 1.23 bits per heavy atom. The van der Waals surface area contributed by atoms with Gasteiger partial charge in [0.05, 0.1) is 0 Å². The van der Waals surface area contributed by atoms with E-state index in [4.69, 9.17) is 0 Å². The Hall–Kier alpha value is -0.300. The number of nitrogens with zero attached hydrogens (tertiary/aromatic N) is 3. The number of guanidine groups is 1. The monoisotopic (exact) mass is 420 g/mol. The van der Waals surface area contributed by atoms with Crippen LogP contribution in [-0.4, -0.2) is 62.1 Å². The number of hydrogen-bond acceptors (Lipinski definition) is 2. The molecule has 0 aromatic rings. The molecule has 1 N–H and O–H groups in total. The SMILES string of the molecule is C/C=C/CCNC(=NC)N1CCC(CN2CCCCC2)C1.I. The molecule has 0 aromatic carbocycles. The molecule has 2 aliphatic rings. The number of allylic oxidation sites excluding steroid dienone is 1. The van der Waals surface area contributed by atoms with Crippen molar-refractivity contribution in [2.45, 2.75) is 39.0 Å². The van der Waals surface area contributed by atoms with Crippen LogP contribution in [0.4, 0.5) is 0 Å². The van der Waals surface area contributed by atoms with Gasteiger partial charge in [-0.2, -0.15) is 0 Å². The average Bonchev–Trinajstić information content (AvgIpc) is 2.97. The van der Waals surface area contributed by atoms with Crippen molar-refractivity contribution in [1.82, 2.24) is 15.1 Å². The molecular weight excluding hydrogens is 387 g/mol. The molecule has 0 aliphatic carbocycles. The number of likely N-dealkylation sites (tertiary alicyclic amines) is 2. The van der Waals surface area contributed by atoms with Gasteiger partial charge in [0.25, 0.3) is 0 Å². The molecule has 128 valence electrons. The van der Waals surface area contributed by atoms with Gasteiger partial charge in [0.15, 0.2) is 5.96 Å². The number of rotatable bonds is 5. The third-order valence-electron chi connectivity index (χ3n) is 4.59. The van der Waals surface area contributed by atoms with E-state index >= 15 is 0 Å². The highest BCUT2D eigenvalue weighted by Crippen LogP contribution is 2.19. The minimum Gasteiger partial charge on any atom is -0.356 e. The second-order valence-electron chi connectivity index (χ2n) is 6.29. The summed E-state index contributed by atoms with van der Waals surface area (Å²) in [6.07, 6.45) is 10.9. The van der Waals surface area contributed by atoms with Crippen molar-refractivity contribution in [3.8, 4) is 0 Å². The van der Waals surface area contributed by atoms with Crippen LogP contribution < -0.4 is 5.32 Å². The normalized spacial score (nSPS) is 23.8. The van der Waals surface area contributed by atoms with Crippen LogP contribution in [0.15, 0.2) is 17.1 Å². The fourth-order valence-electron chi connectivity index (χ4n) is 3.45. The number of halogens is 1. The van der Waals surface area contributed by atoms with Crippen molar-refractivity contribution in [1.29, 1.82) is 0 Å². The summed E-state index contributed by atoms with van der Waals surface area (Å²) in [5.74, 6) is 1.90. The smallest absolute Gasteiger partial charge is 0.193 e. The Kier molecular flexibility index (Phi) is 10.1. The van der Waals surface area contributed by atoms with Crippen molar-refractivity contribution in [3.63, 3.8) is 0 Å². The van der Waals surface area contributed by atoms with Crippen molar-refractivity contribution in [2.75, 3.05) is 46.3 Å². The molecule has 0 spiro atoms. The highest BCUT2D eigenvalue weighted by atomic mass is 127. The second kappa shape index (κ2) is 11.3. The summed E-state index contributed by atoms with van der Waals surface area (Å²) >= 11 is 0. The van der Waals surface area contributed by atoms with Gasteiger partial charge in [-0.1, -0.05) is 18.6 Å². The zero-order chi connectivity index (χ0) is 14.9. The fourth-order valence-corrected chi connectivity index (χ4v) is 3.45. The third kappa shape index (κ3) is 6.44. The first-order chi connectivity index (χ1) is 10.3. The van der Waals surface area contributed by atoms with E-state index in [-0.39, 0.29) is 24.0 Å². The van der Waals surface area contributed by atoms with Gasteiger partial charge in [-0.05, 0) is 51.6 Å². The summed E-state index contributed by atoms with van der Waals surface area (Å²) in [5, 5.41) is 3.48. The van der Waals surface area contributed by atoms with E-state index in [0.29, 0.717) is 0 Å². The zero-order valence-corrected chi connectivity index (χ0v) is 16.6. The van der Waals surface area contributed by atoms with E-state index in [2.05, 4.69) is 39.2 Å². The molecule has 2 saturated heterocycles. The molecule has 0 radical (unpaired) electrons. The molecule has 2 rings (SSSR count). The quantitative estimate of drug-likeness (QED) is 0.244. The number of hydrogen-bond donors (Lipinski definition) is 1. The van der Waals surface area contributed by atoms with Crippen LogP contribution in [0.5, 0.6) is 0 Å². The Labute approximate surface area is 153 Å². The van der Waals surface area contributed by atoms with Crippen molar-refractivity contribution in [2.24, 2.45) is 10.9 Å². The van der Waals surface area contributed by atoms with Gasteiger partial charge in [-0.3, -0.25) is 4.99 Å². The van der Waals surface area contributed by atoms with E-state index in [1.54, 1.807) is 0 Å². The molecular formula is C17H33IN4. The van der Waals surface area contributed by atoms with Crippen LogP contribution in [0.2, 0.25) is 0 Å². The van der Waals surface area contributed by atoms with Crippen LogP contribution in [0, 0.1) is 5.92 Å². The molecule has 0 amide bonds. The van der Waals surface area contributed by atoms with Gasteiger partial charge in [0.2, 0.25) is 0 Å². The first-order valence-corrected chi connectivity index (χ1v) is 8.62. The first kappa shape index (κ1) is 19.7. The minimum atomic E-state index is 0. The highest BCUT2D eigenvalue weighted by molar-refractivity contribution is 14.0. The second-order valence-corrected chi connectivity index (χ2v) is 6.29. The van der Waals surface area contributed by atoms with Crippen LogP contribution in [0.25, 0.3) is 0 Å². The van der Waals surface area contributed by atoms with Gasteiger partial charge < -0.3 is 15.1 Å². The summed E-state index contributed by atoms with van der Waals surface area (Å²) in [4.78, 5) is 9.54.